The molecular formula is C12H13NO4S. The van der Waals surface area contributed by atoms with Gasteiger partial charge in [-0.15, -0.1) is 11.8 Å². The molecule has 0 spiro atoms. The monoisotopic (exact) mass is 267 g/mol. The molecule has 1 heterocycles. The number of rotatable bonds is 3. The molecule has 2 N–H and O–H groups in total. The summed E-state index contributed by atoms with van der Waals surface area (Å²) in [5, 5.41) is 11.9. The standard InChI is InChI=1S/C12H13NO4S/c1-7(14)17-9-4-2-8(3-5-9)11-13-10(6-18-11)12(15)16/h2-5,10-11,13H,6H2,1H3,(H,15,16). The first-order valence-electron chi connectivity index (χ1n) is 5.45. The van der Waals surface area contributed by atoms with Gasteiger partial charge in [-0.2, -0.15) is 0 Å². The molecule has 18 heavy (non-hydrogen) atoms. The third-order valence-corrected chi connectivity index (χ3v) is 3.79. The van der Waals surface area contributed by atoms with Crippen molar-refractivity contribution in [2.45, 2.75) is 18.3 Å². The van der Waals surface area contributed by atoms with E-state index in [-0.39, 0.29) is 11.3 Å². The fourth-order valence-corrected chi connectivity index (χ4v) is 2.92. The van der Waals surface area contributed by atoms with Crippen LogP contribution >= 0.6 is 11.8 Å². The van der Waals surface area contributed by atoms with Crippen LogP contribution in [-0.2, 0) is 9.59 Å². The molecule has 2 atom stereocenters. The topological polar surface area (TPSA) is 75.6 Å². The van der Waals surface area contributed by atoms with Gasteiger partial charge in [-0.1, -0.05) is 12.1 Å². The van der Waals surface area contributed by atoms with Crippen molar-refractivity contribution in [3.63, 3.8) is 0 Å². The number of carboxylic acids is 1. The fraction of sp³-hybridized carbons (Fsp3) is 0.333. The smallest absolute Gasteiger partial charge is 0.321 e. The summed E-state index contributed by atoms with van der Waals surface area (Å²) in [5.41, 5.74) is 0.972. The zero-order valence-electron chi connectivity index (χ0n) is 9.75. The van der Waals surface area contributed by atoms with Crippen LogP contribution in [0.1, 0.15) is 17.9 Å². The molecule has 0 amide bonds. The summed E-state index contributed by atoms with van der Waals surface area (Å²) >= 11 is 1.55. The number of hydrogen-bond acceptors (Lipinski definition) is 5. The molecule has 2 unspecified atom stereocenters. The highest BCUT2D eigenvalue weighted by Gasteiger charge is 2.30. The molecule has 2 rings (SSSR count). The Morgan fingerprint density at radius 3 is 2.56 bits per heavy atom. The van der Waals surface area contributed by atoms with Gasteiger partial charge in [0.25, 0.3) is 0 Å². The normalized spacial score (nSPS) is 22.7. The lowest BCUT2D eigenvalue weighted by molar-refractivity contribution is -0.138. The second-order valence-electron chi connectivity index (χ2n) is 3.93. The Balaban J connectivity index is 2.02. The Kier molecular flexibility index (Phi) is 3.88. The van der Waals surface area contributed by atoms with Crippen LogP contribution in [0.4, 0.5) is 0 Å². The van der Waals surface area contributed by atoms with Gasteiger partial charge < -0.3 is 9.84 Å². The van der Waals surface area contributed by atoms with Crippen molar-refractivity contribution < 1.29 is 19.4 Å². The zero-order chi connectivity index (χ0) is 13.1. The van der Waals surface area contributed by atoms with Crippen LogP contribution in [0.3, 0.4) is 0 Å². The van der Waals surface area contributed by atoms with E-state index < -0.39 is 12.0 Å². The van der Waals surface area contributed by atoms with Crippen LogP contribution in [0.25, 0.3) is 0 Å². The Morgan fingerprint density at radius 1 is 1.39 bits per heavy atom. The van der Waals surface area contributed by atoms with Crippen LogP contribution in [0, 0.1) is 0 Å². The molecule has 96 valence electrons. The predicted octanol–water partition coefficient (Wildman–Crippen LogP) is 1.40. The molecule has 1 fully saturated rings. The largest absolute Gasteiger partial charge is 0.480 e. The summed E-state index contributed by atoms with van der Waals surface area (Å²) in [5.74, 6) is -0.154. The Morgan fingerprint density at radius 2 is 2.06 bits per heavy atom. The van der Waals surface area contributed by atoms with Gasteiger partial charge in [0.15, 0.2) is 0 Å². The van der Waals surface area contributed by atoms with Gasteiger partial charge in [-0.3, -0.25) is 14.9 Å². The minimum atomic E-state index is -0.832. The van der Waals surface area contributed by atoms with Crippen molar-refractivity contribution in [2.24, 2.45) is 0 Å². The van der Waals surface area contributed by atoms with E-state index in [0.717, 1.165) is 5.56 Å². The van der Waals surface area contributed by atoms with E-state index in [2.05, 4.69) is 5.32 Å². The Hall–Kier alpha value is -1.53. The predicted molar refractivity (Wildman–Crippen MR) is 67.5 cm³/mol. The SMILES string of the molecule is CC(=O)Oc1ccc(C2NC(C(=O)O)CS2)cc1. The molecule has 6 heteroatoms. The number of carboxylic acid groups (broad SMARTS) is 1. The van der Waals surface area contributed by atoms with E-state index in [1.165, 1.54) is 6.92 Å². The number of thioether (sulfide) groups is 1. The molecular weight excluding hydrogens is 254 g/mol. The van der Waals surface area contributed by atoms with E-state index >= 15 is 0 Å². The number of hydrogen-bond donors (Lipinski definition) is 2. The van der Waals surface area contributed by atoms with Crippen LogP contribution < -0.4 is 10.1 Å². The van der Waals surface area contributed by atoms with Gasteiger partial charge in [-0.25, -0.2) is 0 Å². The number of ether oxygens (including phenoxy) is 1. The minimum absolute atomic E-state index is 0.0301. The molecule has 1 aliphatic rings. The number of carbonyl (C=O) groups is 2. The van der Waals surface area contributed by atoms with E-state index in [1.807, 2.05) is 12.1 Å². The lowest BCUT2D eigenvalue weighted by atomic mass is 10.2. The maximum atomic E-state index is 10.8. The summed E-state index contributed by atoms with van der Waals surface area (Å²) in [7, 11) is 0. The van der Waals surface area contributed by atoms with Gasteiger partial charge in [0, 0.05) is 12.7 Å². The van der Waals surface area contributed by atoms with Crippen LogP contribution in [-0.4, -0.2) is 28.8 Å². The van der Waals surface area contributed by atoms with Crippen LogP contribution in [0.15, 0.2) is 24.3 Å². The molecule has 0 radical (unpaired) electrons. The first kappa shape index (κ1) is 12.9. The highest BCUT2D eigenvalue weighted by atomic mass is 32.2. The van der Waals surface area contributed by atoms with Gasteiger partial charge >= 0.3 is 11.9 Å². The van der Waals surface area contributed by atoms with Crippen molar-refractivity contribution in [2.75, 3.05) is 5.75 Å². The number of nitrogens with one attached hydrogen (secondary N) is 1. The summed E-state index contributed by atoms with van der Waals surface area (Å²) in [4.78, 5) is 21.6. The lowest BCUT2D eigenvalue weighted by Gasteiger charge is -2.11. The molecule has 0 aliphatic carbocycles. The summed E-state index contributed by atoms with van der Waals surface area (Å²) in [6.07, 6.45) is 0. The summed E-state index contributed by atoms with van der Waals surface area (Å²) in [6, 6.07) is 6.55. The zero-order valence-corrected chi connectivity index (χ0v) is 10.6. The molecule has 1 aromatic rings. The van der Waals surface area contributed by atoms with E-state index in [0.29, 0.717) is 11.5 Å². The van der Waals surface area contributed by atoms with Crippen molar-refractivity contribution in [3.05, 3.63) is 29.8 Å². The van der Waals surface area contributed by atoms with Gasteiger partial charge in [-0.05, 0) is 17.7 Å². The average molecular weight is 267 g/mol. The minimum Gasteiger partial charge on any atom is -0.480 e. The molecule has 1 aliphatic heterocycles. The maximum absolute atomic E-state index is 10.8. The second-order valence-corrected chi connectivity index (χ2v) is 5.07. The number of benzene rings is 1. The molecule has 0 bridgehead atoms. The van der Waals surface area contributed by atoms with Crippen LogP contribution in [0.2, 0.25) is 0 Å². The van der Waals surface area contributed by atoms with Gasteiger partial charge in [0.1, 0.15) is 11.8 Å². The fourth-order valence-electron chi connectivity index (χ4n) is 1.68. The number of esters is 1. The Bertz CT molecular complexity index is 460. The van der Waals surface area contributed by atoms with Crippen LogP contribution in [0.5, 0.6) is 5.75 Å². The number of carbonyl (C=O) groups excluding carboxylic acids is 1. The van der Waals surface area contributed by atoms with Crippen molar-refractivity contribution in [3.8, 4) is 5.75 Å². The van der Waals surface area contributed by atoms with Crippen molar-refractivity contribution >= 4 is 23.7 Å². The third kappa shape index (κ3) is 3.02. The quantitative estimate of drug-likeness (QED) is 0.637. The van der Waals surface area contributed by atoms with Gasteiger partial charge in [0.05, 0.1) is 5.37 Å². The molecule has 1 saturated heterocycles. The third-order valence-electron chi connectivity index (χ3n) is 2.52. The highest BCUT2D eigenvalue weighted by molar-refractivity contribution is 7.99. The van der Waals surface area contributed by atoms with E-state index in [1.54, 1.807) is 23.9 Å². The number of aliphatic carboxylic acids is 1. The average Bonchev–Trinajstić information content (AvgIpc) is 2.78. The Labute approximate surface area is 109 Å². The molecule has 0 aromatic heterocycles. The maximum Gasteiger partial charge on any atom is 0.321 e. The first-order chi connectivity index (χ1) is 8.56. The lowest BCUT2D eigenvalue weighted by Crippen LogP contribution is -2.33. The molecule has 0 saturated carbocycles. The van der Waals surface area contributed by atoms with E-state index in [9.17, 15) is 9.59 Å². The van der Waals surface area contributed by atoms with E-state index in [4.69, 9.17) is 9.84 Å². The first-order valence-corrected chi connectivity index (χ1v) is 6.50. The summed E-state index contributed by atoms with van der Waals surface area (Å²) < 4.78 is 4.93. The highest BCUT2D eigenvalue weighted by Crippen LogP contribution is 2.33. The molecule has 1 aromatic carbocycles. The second kappa shape index (κ2) is 5.41. The van der Waals surface area contributed by atoms with Crippen molar-refractivity contribution in [1.82, 2.24) is 5.32 Å². The van der Waals surface area contributed by atoms with Gasteiger partial charge in [0.2, 0.25) is 0 Å². The van der Waals surface area contributed by atoms with Crippen molar-refractivity contribution in [1.29, 1.82) is 0 Å². The molecule has 5 nitrogen and oxygen atoms in total. The summed E-state index contributed by atoms with van der Waals surface area (Å²) in [6.45, 7) is 1.35.